The Morgan fingerprint density at radius 2 is 1.86 bits per heavy atom. The zero-order valence-corrected chi connectivity index (χ0v) is 28.4. The van der Waals surface area contributed by atoms with Crippen LogP contribution in [0.4, 0.5) is 0 Å². The largest absolute Gasteiger partial charge is 0.384 e. The summed E-state index contributed by atoms with van der Waals surface area (Å²) in [6.45, 7) is 3.44. The van der Waals surface area contributed by atoms with Crippen molar-refractivity contribution in [2.45, 2.75) is 101 Å². The van der Waals surface area contributed by atoms with Gasteiger partial charge < -0.3 is 31.1 Å². The van der Waals surface area contributed by atoms with Gasteiger partial charge in [-0.1, -0.05) is 49.5 Å². The minimum Gasteiger partial charge on any atom is -0.384 e. The van der Waals surface area contributed by atoms with Crippen molar-refractivity contribution < 1.29 is 33.8 Å². The van der Waals surface area contributed by atoms with Crippen molar-refractivity contribution in [3.8, 4) is 0 Å². The van der Waals surface area contributed by atoms with E-state index in [1.54, 1.807) is 32.2 Å². The number of nitrogens with zero attached hydrogens (tertiary/aromatic N) is 5. The Kier molecular flexibility index (Phi) is 10.0. The van der Waals surface area contributed by atoms with Crippen LogP contribution in [0.3, 0.4) is 0 Å². The molecule has 0 radical (unpaired) electrons. The van der Waals surface area contributed by atoms with Gasteiger partial charge in [0.1, 0.15) is 23.2 Å². The first-order valence-corrected chi connectivity index (χ1v) is 17.3. The maximum Gasteiger partial charge on any atom is 0.287 e. The third kappa shape index (κ3) is 7.12. The number of aliphatic hydroxyl groups is 1. The molecule has 2 aromatic heterocycles. The summed E-state index contributed by atoms with van der Waals surface area (Å²) in [5.41, 5.74) is 3.76. The molecule has 3 aromatic rings. The highest BCUT2D eigenvalue weighted by Crippen LogP contribution is 2.34. The van der Waals surface area contributed by atoms with Gasteiger partial charge in [-0.3, -0.25) is 29.1 Å². The fourth-order valence-electron chi connectivity index (χ4n) is 7.69. The number of nitrogens with two attached hydrogens (primary N) is 1. The zero-order chi connectivity index (χ0) is 35.6. The van der Waals surface area contributed by atoms with Crippen LogP contribution < -0.4 is 16.4 Å². The van der Waals surface area contributed by atoms with Gasteiger partial charge in [0, 0.05) is 44.4 Å². The van der Waals surface area contributed by atoms with E-state index < -0.39 is 58.7 Å². The van der Waals surface area contributed by atoms with Gasteiger partial charge in [0.2, 0.25) is 17.6 Å². The second kappa shape index (κ2) is 14.3. The number of hydrogen-bond acceptors (Lipinski definition) is 10. The number of ether oxygens (including phenoxy) is 1. The van der Waals surface area contributed by atoms with Crippen LogP contribution >= 0.6 is 0 Å². The van der Waals surface area contributed by atoms with E-state index in [0.717, 1.165) is 37.5 Å². The number of ketones is 1. The molecular weight excluding hydrogens is 646 g/mol. The molecule has 3 atom stereocenters. The first kappa shape index (κ1) is 35.1. The molecule has 3 fully saturated rings. The number of benzene rings is 1. The second-order valence-corrected chi connectivity index (χ2v) is 14.3. The summed E-state index contributed by atoms with van der Waals surface area (Å²) in [5, 5.41) is 32.5. The number of hydrogen-bond donors (Lipinski definition) is 5. The number of aromatic nitrogens is 5. The van der Waals surface area contributed by atoms with Crippen molar-refractivity contribution in [3.63, 3.8) is 0 Å². The lowest BCUT2D eigenvalue weighted by molar-refractivity contribution is -0.147. The number of likely N-dealkylation sites (tertiary alicyclic amines) is 1. The van der Waals surface area contributed by atoms with Crippen molar-refractivity contribution in [1.82, 2.24) is 40.7 Å². The number of fused-ring (bicyclic) bond motifs is 1. The fraction of sp³-hybridized carbons (Fsp3) is 0.588. The number of nitrogens with one attached hydrogen (secondary N) is 3. The first-order valence-electron chi connectivity index (χ1n) is 17.3. The number of rotatable bonds is 11. The maximum absolute atomic E-state index is 14.8. The van der Waals surface area contributed by atoms with Gasteiger partial charge in [0.25, 0.3) is 11.8 Å². The van der Waals surface area contributed by atoms with Crippen LogP contribution in [0.1, 0.15) is 93.7 Å². The maximum atomic E-state index is 14.8. The van der Waals surface area contributed by atoms with Gasteiger partial charge in [-0.25, -0.2) is 4.68 Å². The molecule has 1 aliphatic carbocycles. The van der Waals surface area contributed by atoms with Crippen molar-refractivity contribution in [1.29, 1.82) is 0 Å². The molecule has 268 valence electrons. The summed E-state index contributed by atoms with van der Waals surface area (Å²) < 4.78 is 6.94. The molecule has 4 amide bonds. The second-order valence-electron chi connectivity index (χ2n) is 14.3. The summed E-state index contributed by atoms with van der Waals surface area (Å²) in [6.07, 6.45) is 8.55. The van der Waals surface area contributed by atoms with Crippen LogP contribution in [0.25, 0.3) is 10.9 Å². The molecule has 1 saturated carbocycles. The van der Waals surface area contributed by atoms with Gasteiger partial charge >= 0.3 is 0 Å². The number of carbonyl (C=O) groups is 5. The van der Waals surface area contributed by atoms with E-state index in [1.807, 2.05) is 6.07 Å². The molecule has 0 unspecified atom stereocenters. The van der Waals surface area contributed by atoms with Crippen LogP contribution in [0.5, 0.6) is 0 Å². The standard InChI is InChI=1S/C34H45N9O7/c1-33(2,49)26-18-37-41-43(26)22-16-25(31(47)39-34(28(44)29(35)45)11-13-50-14-12-34)42(19-22)32(48)24(15-20-7-4-3-5-8-20)38-30(46)23-10-6-9-21-17-36-40-27(21)23/h6,9-10,17-18,20,22,24-25,49H,3-5,7-8,11-16,19H2,1-2H3,(H2,35,45)(H,36,40)(H,38,46)(H,39,47)/t22-,24+,25-/m0/s1. The fourth-order valence-corrected chi connectivity index (χ4v) is 7.69. The minimum atomic E-state index is -1.59. The van der Waals surface area contributed by atoms with Crippen molar-refractivity contribution >= 4 is 40.3 Å². The topological polar surface area (TPSA) is 228 Å². The van der Waals surface area contributed by atoms with E-state index in [4.69, 9.17) is 10.5 Å². The third-order valence-corrected chi connectivity index (χ3v) is 10.4. The summed E-state index contributed by atoms with van der Waals surface area (Å²) in [7, 11) is 0. The average molecular weight is 692 g/mol. The number of amides is 4. The van der Waals surface area contributed by atoms with Crippen LogP contribution in [-0.4, -0.2) is 102 Å². The minimum absolute atomic E-state index is 0.0103. The quantitative estimate of drug-likeness (QED) is 0.179. The molecule has 3 aliphatic rings. The van der Waals surface area contributed by atoms with Crippen LogP contribution in [-0.2, 0) is 29.5 Å². The normalized spacial score (nSPS) is 21.9. The molecule has 16 nitrogen and oxygen atoms in total. The van der Waals surface area contributed by atoms with E-state index in [0.29, 0.717) is 23.2 Å². The SMILES string of the molecule is CC(C)(O)c1cnnn1[C@H]1C[C@@H](C(=O)NC2(C(=O)C(N)=O)CCOCC2)N(C(=O)[C@@H](CC2CCCCC2)NC(=O)c2cccc3cn[nH]c23)C1. The Bertz CT molecular complexity index is 1750. The highest BCUT2D eigenvalue weighted by Gasteiger charge is 2.49. The number of aromatic amines is 1. The lowest BCUT2D eigenvalue weighted by Crippen LogP contribution is -2.64. The lowest BCUT2D eigenvalue weighted by atomic mass is 9.84. The highest BCUT2D eigenvalue weighted by molar-refractivity contribution is 6.39. The van der Waals surface area contributed by atoms with Gasteiger partial charge in [-0.15, -0.1) is 5.10 Å². The summed E-state index contributed by atoms with van der Waals surface area (Å²) >= 11 is 0. The number of para-hydroxylation sites is 1. The van der Waals surface area contributed by atoms with Crippen molar-refractivity contribution in [2.24, 2.45) is 11.7 Å². The van der Waals surface area contributed by atoms with Gasteiger partial charge in [0.05, 0.1) is 35.2 Å². The highest BCUT2D eigenvalue weighted by atomic mass is 16.5. The molecule has 6 rings (SSSR count). The summed E-state index contributed by atoms with van der Waals surface area (Å²) in [6, 6.07) is 2.55. The van der Waals surface area contributed by atoms with Crippen LogP contribution in [0.2, 0.25) is 0 Å². The number of Topliss-reactive ketones (excluding diaryl/α,β-unsaturated/α-hetero) is 1. The average Bonchev–Trinajstić information content (AvgIpc) is 3.88. The Morgan fingerprint density at radius 3 is 2.56 bits per heavy atom. The molecule has 6 N–H and O–H groups in total. The van der Waals surface area contributed by atoms with Crippen LogP contribution in [0, 0.1) is 5.92 Å². The Hall–Kier alpha value is -4.70. The Labute approximate surface area is 288 Å². The van der Waals surface area contributed by atoms with E-state index in [1.165, 1.54) is 15.8 Å². The van der Waals surface area contributed by atoms with E-state index in [-0.39, 0.29) is 44.9 Å². The summed E-state index contributed by atoms with van der Waals surface area (Å²) in [5.74, 6) is -3.49. The van der Waals surface area contributed by atoms with Gasteiger partial charge in [-0.05, 0) is 32.3 Å². The molecule has 50 heavy (non-hydrogen) atoms. The molecule has 2 aliphatic heterocycles. The van der Waals surface area contributed by atoms with E-state index >= 15 is 0 Å². The summed E-state index contributed by atoms with van der Waals surface area (Å²) in [4.78, 5) is 69.6. The molecule has 4 heterocycles. The molecule has 2 saturated heterocycles. The third-order valence-electron chi connectivity index (χ3n) is 10.4. The smallest absolute Gasteiger partial charge is 0.287 e. The predicted octanol–water partition coefficient (Wildman–Crippen LogP) is 1.01. The molecule has 0 bridgehead atoms. The van der Waals surface area contributed by atoms with Gasteiger partial charge in [0.15, 0.2) is 0 Å². The molecule has 16 heteroatoms. The predicted molar refractivity (Wildman–Crippen MR) is 178 cm³/mol. The van der Waals surface area contributed by atoms with Crippen LogP contribution in [0.15, 0.2) is 30.6 Å². The zero-order valence-electron chi connectivity index (χ0n) is 28.4. The lowest BCUT2D eigenvalue weighted by Gasteiger charge is -2.37. The van der Waals surface area contributed by atoms with Crippen molar-refractivity contribution in [2.75, 3.05) is 19.8 Å². The number of primary amides is 1. The molecule has 1 aromatic carbocycles. The van der Waals surface area contributed by atoms with E-state index in [9.17, 15) is 29.1 Å². The Morgan fingerprint density at radius 1 is 1.12 bits per heavy atom. The molecular formula is C34H45N9O7. The number of H-pyrrole nitrogens is 1. The monoisotopic (exact) mass is 691 g/mol. The van der Waals surface area contributed by atoms with E-state index in [2.05, 4.69) is 31.1 Å². The number of carbonyl (C=O) groups excluding carboxylic acids is 5. The molecule has 0 spiro atoms. The Balaban J connectivity index is 1.34. The first-order chi connectivity index (χ1) is 23.9. The van der Waals surface area contributed by atoms with Gasteiger partial charge in [-0.2, -0.15) is 5.10 Å². The van der Waals surface area contributed by atoms with Crippen molar-refractivity contribution in [3.05, 3.63) is 41.9 Å².